The van der Waals surface area contributed by atoms with Crippen LogP contribution in [0.15, 0.2) is 85.4 Å². The molecular weight excluding hydrogens is 374 g/mol. The summed E-state index contributed by atoms with van der Waals surface area (Å²) in [6, 6.07) is 29.1. The van der Waals surface area contributed by atoms with Crippen molar-refractivity contribution in [1.82, 2.24) is 0 Å². The number of anilines is 1. The van der Waals surface area contributed by atoms with Crippen molar-refractivity contribution in [2.75, 3.05) is 18.0 Å². The van der Waals surface area contributed by atoms with E-state index in [1.807, 2.05) is 0 Å². The van der Waals surface area contributed by atoms with Gasteiger partial charge in [0.1, 0.15) is 0 Å². The quantitative estimate of drug-likeness (QED) is 0.417. The largest absolute Gasteiger partial charge is 0.371 e. The standard InChI is InChI=1S/C30H33N/c1-22(29-21-30(29,2)3)23-9-11-25(12-10-23)26-13-15-28(16-14-26)31-19-17-27(18-20-31)24-7-5-4-6-8-24/h4-16,27,29H,1,17-21H2,2-3H3. The van der Waals surface area contributed by atoms with E-state index in [-0.39, 0.29) is 0 Å². The van der Waals surface area contributed by atoms with E-state index >= 15 is 0 Å². The Balaban J connectivity index is 1.22. The van der Waals surface area contributed by atoms with Crippen molar-refractivity contribution in [2.45, 2.75) is 39.0 Å². The first-order chi connectivity index (χ1) is 15.0. The molecule has 0 aromatic heterocycles. The van der Waals surface area contributed by atoms with Crippen LogP contribution in [0.4, 0.5) is 5.69 Å². The molecule has 1 unspecified atom stereocenters. The summed E-state index contributed by atoms with van der Waals surface area (Å²) < 4.78 is 0. The molecule has 1 heteroatoms. The lowest BCUT2D eigenvalue weighted by atomic mass is 9.89. The number of allylic oxidation sites excluding steroid dienone is 1. The first-order valence-corrected chi connectivity index (χ1v) is 11.7. The van der Waals surface area contributed by atoms with Gasteiger partial charge in [0.15, 0.2) is 0 Å². The van der Waals surface area contributed by atoms with Gasteiger partial charge in [0, 0.05) is 18.8 Å². The molecule has 1 heterocycles. The summed E-state index contributed by atoms with van der Waals surface area (Å²) in [4.78, 5) is 2.54. The highest BCUT2D eigenvalue weighted by molar-refractivity contribution is 5.73. The van der Waals surface area contributed by atoms with Gasteiger partial charge in [-0.25, -0.2) is 0 Å². The normalized spacial score (nSPS) is 20.5. The SMILES string of the molecule is C=C(c1ccc(-c2ccc(N3CCC(c4ccccc4)CC3)cc2)cc1)C1CC1(C)C. The van der Waals surface area contributed by atoms with Crippen LogP contribution in [0, 0.1) is 11.3 Å². The van der Waals surface area contributed by atoms with Gasteiger partial charge in [-0.1, -0.05) is 87.2 Å². The van der Waals surface area contributed by atoms with Gasteiger partial charge in [-0.3, -0.25) is 0 Å². The van der Waals surface area contributed by atoms with Crippen LogP contribution in [0.2, 0.25) is 0 Å². The van der Waals surface area contributed by atoms with Gasteiger partial charge >= 0.3 is 0 Å². The number of hydrogen-bond donors (Lipinski definition) is 0. The van der Waals surface area contributed by atoms with Crippen LogP contribution >= 0.6 is 0 Å². The zero-order valence-electron chi connectivity index (χ0n) is 18.9. The molecule has 3 aromatic rings. The lowest BCUT2D eigenvalue weighted by Gasteiger charge is -2.34. The van der Waals surface area contributed by atoms with Crippen LogP contribution in [0.1, 0.15) is 50.2 Å². The Bertz CT molecular complexity index is 1040. The average molecular weight is 408 g/mol. The van der Waals surface area contributed by atoms with E-state index in [1.165, 1.54) is 52.8 Å². The molecule has 158 valence electrons. The van der Waals surface area contributed by atoms with Gasteiger partial charge in [-0.05, 0) is 76.5 Å². The highest BCUT2D eigenvalue weighted by atomic mass is 15.1. The Morgan fingerprint density at radius 3 is 1.90 bits per heavy atom. The number of piperidine rings is 1. The van der Waals surface area contributed by atoms with Gasteiger partial charge in [-0.2, -0.15) is 0 Å². The number of rotatable bonds is 5. The summed E-state index contributed by atoms with van der Waals surface area (Å²) >= 11 is 0. The van der Waals surface area contributed by atoms with E-state index in [2.05, 4.69) is 104 Å². The summed E-state index contributed by atoms with van der Waals surface area (Å²) in [7, 11) is 0. The molecule has 0 radical (unpaired) electrons. The molecule has 1 aliphatic heterocycles. The van der Waals surface area contributed by atoms with Crippen LogP contribution in [-0.2, 0) is 0 Å². The minimum absolute atomic E-state index is 0.432. The third-order valence-corrected chi connectivity index (χ3v) is 7.52. The molecule has 2 aliphatic rings. The first-order valence-electron chi connectivity index (χ1n) is 11.7. The second-order valence-corrected chi connectivity index (χ2v) is 10.1. The summed E-state index contributed by atoms with van der Waals surface area (Å²) in [5.41, 5.74) is 8.42. The number of nitrogens with zero attached hydrogens (tertiary/aromatic N) is 1. The van der Waals surface area contributed by atoms with E-state index in [0.29, 0.717) is 17.3 Å². The fourth-order valence-corrected chi connectivity index (χ4v) is 5.20. The van der Waals surface area contributed by atoms with Crippen LogP contribution in [0.5, 0.6) is 0 Å². The summed E-state index contributed by atoms with van der Waals surface area (Å²) in [6.45, 7) is 11.3. The molecule has 5 rings (SSSR count). The van der Waals surface area contributed by atoms with Crippen molar-refractivity contribution in [1.29, 1.82) is 0 Å². The highest BCUT2D eigenvalue weighted by Gasteiger charge is 2.47. The molecule has 0 amide bonds. The molecule has 1 saturated heterocycles. The van der Waals surface area contributed by atoms with Crippen LogP contribution < -0.4 is 4.90 Å². The maximum Gasteiger partial charge on any atom is 0.0366 e. The fourth-order valence-electron chi connectivity index (χ4n) is 5.20. The molecule has 31 heavy (non-hydrogen) atoms. The average Bonchev–Trinajstić information content (AvgIpc) is 3.47. The zero-order valence-corrected chi connectivity index (χ0v) is 18.9. The Morgan fingerprint density at radius 2 is 1.35 bits per heavy atom. The lowest BCUT2D eigenvalue weighted by molar-refractivity contribution is 0.505. The topological polar surface area (TPSA) is 3.24 Å². The molecular formula is C30H33N. The van der Waals surface area contributed by atoms with Gasteiger partial charge in [0.2, 0.25) is 0 Å². The van der Waals surface area contributed by atoms with E-state index in [1.54, 1.807) is 0 Å². The third-order valence-electron chi connectivity index (χ3n) is 7.52. The smallest absolute Gasteiger partial charge is 0.0366 e. The molecule has 3 aromatic carbocycles. The summed E-state index contributed by atoms with van der Waals surface area (Å²) in [5.74, 6) is 1.34. The third kappa shape index (κ3) is 4.19. The molecule has 1 saturated carbocycles. The molecule has 0 bridgehead atoms. The number of benzene rings is 3. The van der Waals surface area contributed by atoms with Gasteiger partial charge in [0.25, 0.3) is 0 Å². The molecule has 1 aliphatic carbocycles. The van der Waals surface area contributed by atoms with Crippen molar-refractivity contribution in [3.05, 3.63) is 96.6 Å². The first kappa shape index (κ1) is 20.1. The molecule has 1 atom stereocenters. The van der Waals surface area contributed by atoms with Crippen LogP contribution in [-0.4, -0.2) is 13.1 Å². The number of hydrogen-bond acceptors (Lipinski definition) is 1. The Hall–Kier alpha value is -2.80. The predicted molar refractivity (Wildman–Crippen MR) is 133 cm³/mol. The second-order valence-electron chi connectivity index (χ2n) is 10.1. The van der Waals surface area contributed by atoms with E-state index in [9.17, 15) is 0 Å². The molecule has 0 N–H and O–H groups in total. The highest BCUT2D eigenvalue weighted by Crippen LogP contribution is 2.57. The van der Waals surface area contributed by atoms with Gasteiger partial charge in [-0.15, -0.1) is 0 Å². The summed E-state index contributed by atoms with van der Waals surface area (Å²) in [5, 5.41) is 0. The fraction of sp³-hybridized carbons (Fsp3) is 0.333. The maximum atomic E-state index is 4.37. The van der Waals surface area contributed by atoms with Gasteiger partial charge < -0.3 is 4.90 Å². The van der Waals surface area contributed by atoms with Crippen LogP contribution in [0.3, 0.4) is 0 Å². The Labute approximate surface area is 187 Å². The van der Waals surface area contributed by atoms with Crippen molar-refractivity contribution >= 4 is 11.3 Å². The van der Waals surface area contributed by atoms with E-state index in [0.717, 1.165) is 13.1 Å². The van der Waals surface area contributed by atoms with Gasteiger partial charge in [0.05, 0.1) is 0 Å². The molecule has 2 fully saturated rings. The second kappa shape index (κ2) is 8.04. The van der Waals surface area contributed by atoms with E-state index < -0.39 is 0 Å². The monoisotopic (exact) mass is 407 g/mol. The minimum atomic E-state index is 0.432. The van der Waals surface area contributed by atoms with Crippen molar-refractivity contribution in [3.63, 3.8) is 0 Å². The zero-order chi connectivity index (χ0) is 21.4. The minimum Gasteiger partial charge on any atom is -0.371 e. The van der Waals surface area contributed by atoms with Crippen molar-refractivity contribution in [3.8, 4) is 11.1 Å². The van der Waals surface area contributed by atoms with Crippen LogP contribution in [0.25, 0.3) is 16.7 Å². The Morgan fingerprint density at radius 1 is 0.806 bits per heavy atom. The van der Waals surface area contributed by atoms with Crippen molar-refractivity contribution < 1.29 is 0 Å². The summed E-state index contributed by atoms with van der Waals surface area (Å²) in [6.07, 6.45) is 3.72. The van der Waals surface area contributed by atoms with Crippen molar-refractivity contribution in [2.24, 2.45) is 11.3 Å². The Kier molecular flexibility index (Phi) is 5.22. The predicted octanol–water partition coefficient (Wildman–Crippen LogP) is 7.80. The lowest BCUT2D eigenvalue weighted by Crippen LogP contribution is -2.32. The maximum absolute atomic E-state index is 4.37. The molecule has 0 spiro atoms. The molecule has 1 nitrogen and oxygen atoms in total. The van der Waals surface area contributed by atoms with E-state index in [4.69, 9.17) is 0 Å².